The van der Waals surface area contributed by atoms with E-state index in [2.05, 4.69) is 33.2 Å². The van der Waals surface area contributed by atoms with Crippen molar-refractivity contribution in [1.29, 1.82) is 0 Å². The van der Waals surface area contributed by atoms with Crippen LogP contribution in [0.5, 0.6) is 0 Å². The third kappa shape index (κ3) is 4.06. The van der Waals surface area contributed by atoms with E-state index >= 15 is 0 Å². The fourth-order valence-corrected chi connectivity index (χ4v) is 2.35. The first-order valence-corrected chi connectivity index (χ1v) is 7.48. The van der Waals surface area contributed by atoms with E-state index < -0.39 is 0 Å². The molecule has 5 heteroatoms. The molecular weight excluding hydrogens is 328 g/mol. The minimum atomic E-state index is 0.681. The summed E-state index contributed by atoms with van der Waals surface area (Å²) in [4.78, 5) is 4.29. The van der Waals surface area contributed by atoms with E-state index in [1.54, 1.807) is 6.20 Å². The molecule has 0 radical (unpaired) electrons. The Hall–Kier alpha value is -0.840. The van der Waals surface area contributed by atoms with Crippen molar-refractivity contribution in [3.05, 3.63) is 39.8 Å². The van der Waals surface area contributed by atoms with Crippen molar-refractivity contribution in [3.63, 3.8) is 0 Å². The largest absolute Gasteiger partial charge is 0.441 e. The minimum absolute atomic E-state index is 0.681. The van der Waals surface area contributed by atoms with Crippen LogP contribution in [0.25, 0.3) is 11.3 Å². The fraction of sp³-hybridized carbons (Fsp3) is 0.357. The highest BCUT2D eigenvalue weighted by Crippen LogP contribution is 2.31. The Balaban J connectivity index is 2.06. The predicted molar refractivity (Wildman–Crippen MR) is 81.5 cm³/mol. The van der Waals surface area contributed by atoms with Crippen molar-refractivity contribution in [2.75, 3.05) is 13.1 Å². The lowest BCUT2D eigenvalue weighted by Crippen LogP contribution is -2.17. The highest BCUT2D eigenvalue weighted by Gasteiger charge is 2.10. The van der Waals surface area contributed by atoms with E-state index in [9.17, 15) is 0 Å². The molecule has 0 spiro atoms. The molecular formula is C14H16BrClN2O. The van der Waals surface area contributed by atoms with Crippen molar-refractivity contribution in [1.82, 2.24) is 10.3 Å². The fourth-order valence-electron chi connectivity index (χ4n) is 1.73. The van der Waals surface area contributed by atoms with Crippen LogP contribution in [0.4, 0.5) is 0 Å². The zero-order chi connectivity index (χ0) is 13.7. The van der Waals surface area contributed by atoms with Crippen LogP contribution < -0.4 is 5.32 Å². The first kappa shape index (κ1) is 14.6. The molecule has 1 heterocycles. The molecule has 0 aliphatic carbocycles. The van der Waals surface area contributed by atoms with Crippen molar-refractivity contribution in [2.24, 2.45) is 0 Å². The molecule has 0 amide bonds. The quantitative estimate of drug-likeness (QED) is 0.795. The van der Waals surface area contributed by atoms with Gasteiger partial charge in [-0.25, -0.2) is 4.98 Å². The van der Waals surface area contributed by atoms with Gasteiger partial charge in [-0.15, -0.1) is 0 Å². The summed E-state index contributed by atoms with van der Waals surface area (Å²) in [6.07, 6.45) is 3.66. The van der Waals surface area contributed by atoms with E-state index in [1.807, 2.05) is 18.2 Å². The van der Waals surface area contributed by atoms with Gasteiger partial charge >= 0.3 is 0 Å². The van der Waals surface area contributed by atoms with Gasteiger partial charge in [0.1, 0.15) is 0 Å². The average molecular weight is 344 g/mol. The average Bonchev–Trinajstić information content (AvgIpc) is 2.86. The molecule has 2 rings (SSSR count). The number of rotatable bonds is 6. The second-order valence-electron chi connectivity index (χ2n) is 4.24. The Morgan fingerprint density at radius 1 is 1.37 bits per heavy atom. The van der Waals surface area contributed by atoms with Crippen molar-refractivity contribution in [2.45, 2.75) is 19.8 Å². The molecule has 0 saturated carbocycles. The predicted octanol–water partition coefficient (Wildman–Crippen LogP) is 4.30. The summed E-state index contributed by atoms with van der Waals surface area (Å²) in [5, 5.41) is 4.00. The molecule has 1 aromatic heterocycles. The van der Waals surface area contributed by atoms with E-state index in [0.29, 0.717) is 5.02 Å². The van der Waals surface area contributed by atoms with Crippen LogP contribution >= 0.6 is 27.5 Å². The topological polar surface area (TPSA) is 38.1 Å². The van der Waals surface area contributed by atoms with Crippen LogP contribution in [0, 0.1) is 0 Å². The maximum Gasteiger partial charge on any atom is 0.196 e. The van der Waals surface area contributed by atoms with Gasteiger partial charge in [-0.1, -0.05) is 34.5 Å². The third-order valence-electron chi connectivity index (χ3n) is 2.69. The van der Waals surface area contributed by atoms with Gasteiger partial charge in [0.25, 0.3) is 0 Å². The van der Waals surface area contributed by atoms with Crippen LogP contribution in [0.3, 0.4) is 0 Å². The summed E-state index contributed by atoms with van der Waals surface area (Å²) in [7, 11) is 0. The Kier molecular flexibility index (Phi) is 5.43. The monoisotopic (exact) mass is 342 g/mol. The molecule has 1 N–H and O–H groups in total. The summed E-state index contributed by atoms with van der Waals surface area (Å²) in [5.41, 5.74) is 0.924. The minimum Gasteiger partial charge on any atom is -0.441 e. The SMILES string of the molecule is CCCNCCc1ncc(-c2cc(Cl)ccc2Br)o1. The molecule has 0 unspecified atom stereocenters. The first-order valence-electron chi connectivity index (χ1n) is 6.31. The molecule has 102 valence electrons. The molecule has 2 aromatic rings. The lowest BCUT2D eigenvalue weighted by Gasteiger charge is -2.01. The highest BCUT2D eigenvalue weighted by molar-refractivity contribution is 9.10. The van der Waals surface area contributed by atoms with Gasteiger partial charge in [0.05, 0.1) is 6.20 Å². The van der Waals surface area contributed by atoms with Crippen LogP contribution in [0.1, 0.15) is 19.2 Å². The summed E-state index contributed by atoms with van der Waals surface area (Å²) >= 11 is 9.49. The first-order chi connectivity index (χ1) is 9.20. The van der Waals surface area contributed by atoms with Crippen LogP contribution in [0.2, 0.25) is 5.02 Å². The van der Waals surface area contributed by atoms with E-state index in [4.69, 9.17) is 16.0 Å². The number of aromatic nitrogens is 1. The third-order valence-corrected chi connectivity index (χ3v) is 3.62. The zero-order valence-corrected chi connectivity index (χ0v) is 13.1. The lowest BCUT2D eigenvalue weighted by molar-refractivity contribution is 0.495. The second-order valence-corrected chi connectivity index (χ2v) is 5.53. The highest BCUT2D eigenvalue weighted by atomic mass is 79.9. The van der Waals surface area contributed by atoms with Crippen molar-refractivity contribution >= 4 is 27.5 Å². The molecule has 0 aliphatic rings. The van der Waals surface area contributed by atoms with Gasteiger partial charge in [-0.3, -0.25) is 0 Å². The van der Waals surface area contributed by atoms with Gasteiger partial charge < -0.3 is 9.73 Å². The maximum atomic E-state index is 6.00. The van der Waals surface area contributed by atoms with Crippen molar-refractivity contribution < 1.29 is 4.42 Å². The number of nitrogens with zero attached hydrogens (tertiary/aromatic N) is 1. The summed E-state index contributed by atoms with van der Waals surface area (Å²) < 4.78 is 6.69. The maximum absolute atomic E-state index is 6.00. The molecule has 0 fully saturated rings. The van der Waals surface area contributed by atoms with Crippen molar-refractivity contribution in [3.8, 4) is 11.3 Å². The molecule has 0 saturated heterocycles. The number of hydrogen-bond acceptors (Lipinski definition) is 3. The van der Waals surface area contributed by atoms with Gasteiger partial charge in [-0.05, 0) is 31.2 Å². The summed E-state index contributed by atoms with van der Waals surface area (Å²) in [6.45, 7) is 4.05. The number of benzene rings is 1. The summed E-state index contributed by atoms with van der Waals surface area (Å²) in [6, 6.07) is 5.61. The standard InChI is InChI=1S/C14H16BrClN2O/c1-2-6-17-7-5-14-18-9-13(19-14)11-8-10(16)3-4-12(11)15/h3-4,8-9,17H,2,5-7H2,1H3. The Morgan fingerprint density at radius 3 is 3.00 bits per heavy atom. The van der Waals surface area contributed by atoms with Gasteiger partial charge in [-0.2, -0.15) is 0 Å². The lowest BCUT2D eigenvalue weighted by atomic mass is 10.2. The number of nitrogens with one attached hydrogen (secondary N) is 1. The zero-order valence-electron chi connectivity index (χ0n) is 10.7. The van der Waals surface area contributed by atoms with E-state index in [0.717, 1.165) is 47.6 Å². The summed E-state index contributed by atoms with van der Waals surface area (Å²) in [5.74, 6) is 1.48. The van der Waals surface area contributed by atoms with Gasteiger partial charge in [0, 0.05) is 28.0 Å². The van der Waals surface area contributed by atoms with Crippen LogP contribution in [-0.4, -0.2) is 18.1 Å². The van der Waals surface area contributed by atoms with Crippen LogP contribution in [-0.2, 0) is 6.42 Å². The second kappa shape index (κ2) is 7.08. The molecule has 19 heavy (non-hydrogen) atoms. The number of hydrogen-bond donors (Lipinski definition) is 1. The molecule has 1 aromatic carbocycles. The number of oxazole rings is 1. The van der Waals surface area contributed by atoms with E-state index in [1.165, 1.54) is 0 Å². The van der Waals surface area contributed by atoms with Gasteiger partial charge in [0.15, 0.2) is 11.7 Å². The normalized spacial score (nSPS) is 10.9. The van der Waals surface area contributed by atoms with Crippen LogP contribution in [0.15, 0.2) is 33.3 Å². The Bertz CT molecular complexity index is 542. The smallest absolute Gasteiger partial charge is 0.196 e. The molecule has 3 nitrogen and oxygen atoms in total. The molecule has 0 bridgehead atoms. The molecule has 0 atom stereocenters. The number of halogens is 2. The molecule has 0 aliphatic heterocycles. The Labute approximate surface area is 126 Å². The van der Waals surface area contributed by atoms with E-state index in [-0.39, 0.29) is 0 Å². The van der Waals surface area contributed by atoms with Gasteiger partial charge in [0.2, 0.25) is 0 Å². The Morgan fingerprint density at radius 2 is 2.21 bits per heavy atom.